The molecule has 0 aromatic heterocycles. The highest BCUT2D eigenvalue weighted by Crippen LogP contribution is 2.43. The van der Waals surface area contributed by atoms with Crippen molar-refractivity contribution in [1.82, 2.24) is 0 Å². The summed E-state index contributed by atoms with van der Waals surface area (Å²) in [6.45, 7) is 0. The molecular weight excluding hydrogens is 312 g/mol. The summed E-state index contributed by atoms with van der Waals surface area (Å²) in [6.07, 6.45) is 16.3. The van der Waals surface area contributed by atoms with E-state index < -0.39 is 0 Å². The first-order chi connectivity index (χ1) is 12.2. The number of Topliss-reactive ketones (excluding diaryl/α,β-unsaturated/α-hetero) is 1. The number of hydrogen-bond acceptors (Lipinski definition) is 3. The number of ether oxygens (including phenoxy) is 2. The largest absolute Gasteiger partial charge is 0.381 e. The van der Waals surface area contributed by atoms with E-state index in [-0.39, 0.29) is 0 Å². The third kappa shape index (κ3) is 4.86. The first-order valence-electron chi connectivity index (χ1n) is 10.8. The van der Waals surface area contributed by atoms with Crippen molar-refractivity contribution in [3.05, 3.63) is 0 Å². The van der Waals surface area contributed by atoms with Gasteiger partial charge in [0.15, 0.2) is 0 Å². The van der Waals surface area contributed by atoms with Crippen molar-refractivity contribution in [3.63, 3.8) is 0 Å². The first-order valence-corrected chi connectivity index (χ1v) is 10.8. The van der Waals surface area contributed by atoms with Crippen molar-refractivity contribution in [3.8, 4) is 0 Å². The first kappa shape index (κ1) is 19.4. The highest BCUT2D eigenvalue weighted by molar-refractivity contribution is 5.84. The number of hydrogen-bond donors (Lipinski definition) is 0. The van der Waals surface area contributed by atoms with E-state index in [4.69, 9.17) is 9.47 Å². The normalized spacial score (nSPS) is 36.1. The molecule has 3 heteroatoms. The standard InChI is InChI=1S/C22H38O3/c1-24-19-12-8-16(9-13-19)21(17-10-14-20(25-2)15-11-17)22(23)18-6-4-3-5-7-18/h16-21H,3-15H2,1-2H3. The Balaban J connectivity index is 1.68. The van der Waals surface area contributed by atoms with Gasteiger partial charge in [0.1, 0.15) is 5.78 Å². The van der Waals surface area contributed by atoms with Crippen molar-refractivity contribution in [2.45, 2.75) is 95.7 Å². The average Bonchev–Trinajstić information content (AvgIpc) is 2.70. The SMILES string of the molecule is COC1CCC(C(C(=O)C2CCCCC2)C2CCC(OC)CC2)CC1. The van der Waals surface area contributed by atoms with Gasteiger partial charge in [-0.3, -0.25) is 4.79 Å². The van der Waals surface area contributed by atoms with Crippen LogP contribution in [0.3, 0.4) is 0 Å². The number of ketones is 1. The van der Waals surface area contributed by atoms with Crippen LogP contribution in [0.1, 0.15) is 83.5 Å². The zero-order chi connectivity index (χ0) is 17.6. The zero-order valence-electron chi connectivity index (χ0n) is 16.4. The molecule has 0 bridgehead atoms. The second-order valence-corrected chi connectivity index (χ2v) is 8.81. The van der Waals surface area contributed by atoms with Gasteiger partial charge in [0.2, 0.25) is 0 Å². The van der Waals surface area contributed by atoms with E-state index in [0.717, 1.165) is 38.5 Å². The Kier molecular flexibility index (Phi) is 7.36. The van der Waals surface area contributed by atoms with Gasteiger partial charge in [0.25, 0.3) is 0 Å². The fourth-order valence-electron chi connectivity index (χ4n) is 5.88. The number of carbonyl (C=O) groups is 1. The Labute approximate surface area is 154 Å². The highest BCUT2D eigenvalue weighted by Gasteiger charge is 2.41. The second-order valence-electron chi connectivity index (χ2n) is 8.81. The highest BCUT2D eigenvalue weighted by atomic mass is 16.5. The fraction of sp³-hybridized carbons (Fsp3) is 0.955. The summed E-state index contributed by atoms with van der Waals surface area (Å²) in [7, 11) is 3.67. The lowest BCUT2D eigenvalue weighted by atomic mass is 9.64. The second kappa shape index (κ2) is 9.50. The predicted octanol–water partition coefficient (Wildman–Crippen LogP) is 5.16. The molecule has 25 heavy (non-hydrogen) atoms. The molecule has 3 aliphatic carbocycles. The summed E-state index contributed by atoms with van der Waals surface area (Å²) < 4.78 is 11.1. The Bertz CT molecular complexity index is 375. The number of carbonyl (C=O) groups excluding carboxylic acids is 1. The van der Waals surface area contributed by atoms with E-state index in [1.807, 2.05) is 14.2 Å². The van der Waals surface area contributed by atoms with Crippen LogP contribution < -0.4 is 0 Å². The van der Waals surface area contributed by atoms with Crippen LogP contribution in [-0.4, -0.2) is 32.2 Å². The summed E-state index contributed by atoms with van der Waals surface area (Å²) in [4.78, 5) is 13.5. The van der Waals surface area contributed by atoms with E-state index in [9.17, 15) is 4.79 Å². The maximum atomic E-state index is 13.5. The molecule has 0 atom stereocenters. The van der Waals surface area contributed by atoms with Crippen LogP contribution in [0.2, 0.25) is 0 Å². The van der Waals surface area contributed by atoms with Crippen LogP contribution in [-0.2, 0) is 14.3 Å². The van der Waals surface area contributed by atoms with E-state index in [1.54, 1.807) is 0 Å². The molecule has 144 valence electrons. The monoisotopic (exact) mass is 350 g/mol. The van der Waals surface area contributed by atoms with Gasteiger partial charge in [-0.25, -0.2) is 0 Å². The van der Waals surface area contributed by atoms with Crippen LogP contribution in [0, 0.1) is 23.7 Å². The predicted molar refractivity (Wildman–Crippen MR) is 101 cm³/mol. The van der Waals surface area contributed by atoms with Crippen LogP contribution >= 0.6 is 0 Å². The van der Waals surface area contributed by atoms with Crippen molar-refractivity contribution >= 4 is 5.78 Å². The lowest BCUT2D eigenvalue weighted by molar-refractivity contribution is -0.134. The van der Waals surface area contributed by atoms with Gasteiger partial charge >= 0.3 is 0 Å². The molecule has 0 N–H and O–H groups in total. The molecule has 0 spiro atoms. The maximum absolute atomic E-state index is 13.5. The number of methoxy groups -OCH3 is 2. The van der Waals surface area contributed by atoms with Gasteiger partial charge in [-0.1, -0.05) is 19.3 Å². The molecule has 0 amide bonds. The number of rotatable bonds is 6. The molecule has 0 unspecified atom stereocenters. The van der Waals surface area contributed by atoms with Crippen molar-refractivity contribution in [1.29, 1.82) is 0 Å². The molecule has 0 saturated heterocycles. The summed E-state index contributed by atoms with van der Waals surface area (Å²) in [6, 6.07) is 0. The lowest BCUT2D eigenvalue weighted by Crippen LogP contribution is -2.40. The Morgan fingerprint density at radius 3 is 1.52 bits per heavy atom. The van der Waals surface area contributed by atoms with Crippen molar-refractivity contribution < 1.29 is 14.3 Å². The summed E-state index contributed by atoms with van der Waals surface area (Å²) in [5.74, 6) is 2.52. The van der Waals surface area contributed by atoms with E-state index in [2.05, 4.69) is 0 Å². The van der Waals surface area contributed by atoms with Crippen LogP contribution in [0.4, 0.5) is 0 Å². The molecule has 3 saturated carbocycles. The van der Waals surface area contributed by atoms with Gasteiger partial charge in [-0.05, 0) is 76.0 Å². The Hall–Kier alpha value is -0.410. The Morgan fingerprint density at radius 1 is 0.680 bits per heavy atom. The summed E-state index contributed by atoms with van der Waals surface area (Å²) in [5.41, 5.74) is 0. The Morgan fingerprint density at radius 2 is 1.12 bits per heavy atom. The lowest BCUT2D eigenvalue weighted by Gasteiger charge is -2.41. The van der Waals surface area contributed by atoms with Crippen LogP contribution in [0.25, 0.3) is 0 Å². The fourth-order valence-corrected chi connectivity index (χ4v) is 5.88. The maximum Gasteiger partial charge on any atom is 0.139 e. The van der Waals surface area contributed by atoms with E-state index in [0.29, 0.717) is 41.7 Å². The van der Waals surface area contributed by atoms with Gasteiger partial charge < -0.3 is 9.47 Å². The van der Waals surface area contributed by atoms with Gasteiger partial charge in [0.05, 0.1) is 12.2 Å². The molecule has 3 fully saturated rings. The minimum Gasteiger partial charge on any atom is -0.381 e. The van der Waals surface area contributed by atoms with Crippen molar-refractivity contribution in [2.75, 3.05) is 14.2 Å². The van der Waals surface area contributed by atoms with Crippen LogP contribution in [0.5, 0.6) is 0 Å². The smallest absolute Gasteiger partial charge is 0.139 e. The summed E-state index contributed by atoms with van der Waals surface area (Å²) in [5, 5.41) is 0. The topological polar surface area (TPSA) is 35.5 Å². The molecule has 3 rings (SSSR count). The minimum absolute atomic E-state index is 0.318. The zero-order valence-corrected chi connectivity index (χ0v) is 16.4. The minimum atomic E-state index is 0.318. The molecular formula is C22H38O3. The van der Waals surface area contributed by atoms with Gasteiger partial charge in [-0.15, -0.1) is 0 Å². The third-order valence-electron chi connectivity index (χ3n) is 7.46. The van der Waals surface area contributed by atoms with Crippen molar-refractivity contribution in [2.24, 2.45) is 23.7 Å². The summed E-state index contributed by atoms with van der Waals surface area (Å²) >= 11 is 0. The molecule has 3 aliphatic rings. The molecule has 0 radical (unpaired) electrons. The van der Waals surface area contributed by atoms with Gasteiger partial charge in [0, 0.05) is 26.1 Å². The van der Waals surface area contributed by atoms with E-state index in [1.165, 1.54) is 44.9 Å². The third-order valence-corrected chi connectivity index (χ3v) is 7.46. The molecule has 0 aromatic carbocycles. The molecule has 0 aromatic rings. The van der Waals surface area contributed by atoms with Crippen LogP contribution in [0.15, 0.2) is 0 Å². The molecule has 0 aliphatic heterocycles. The van der Waals surface area contributed by atoms with Gasteiger partial charge in [-0.2, -0.15) is 0 Å². The molecule has 0 heterocycles. The molecule has 3 nitrogen and oxygen atoms in total. The van der Waals surface area contributed by atoms with E-state index >= 15 is 0 Å². The quantitative estimate of drug-likeness (QED) is 0.663. The average molecular weight is 351 g/mol.